The lowest BCUT2D eigenvalue weighted by Crippen LogP contribution is -2.01. The van der Waals surface area contributed by atoms with Crippen LogP contribution in [0.3, 0.4) is 0 Å². The summed E-state index contributed by atoms with van der Waals surface area (Å²) >= 11 is 0. The van der Waals surface area contributed by atoms with Gasteiger partial charge in [-0.15, -0.1) is 0 Å². The van der Waals surface area contributed by atoms with Gasteiger partial charge in [0.1, 0.15) is 5.75 Å². The van der Waals surface area contributed by atoms with E-state index in [9.17, 15) is 14.9 Å². The Kier molecular flexibility index (Phi) is 4.60. The molecule has 0 saturated carbocycles. The van der Waals surface area contributed by atoms with Gasteiger partial charge in [-0.2, -0.15) is 4.98 Å². The molecule has 0 amide bonds. The summed E-state index contributed by atoms with van der Waals surface area (Å²) in [5.41, 5.74) is -0.0734. The predicted molar refractivity (Wildman–Crippen MR) is 71.1 cm³/mol. The number of nitro benzene ring substituents is 1. The second-order valence-electron chi connectivity index (χ2n) is 4.24. The molecule has 0 aliphatic carbocycles. The fraction of sp³-hybridized carbons (Fsp3) is 0.308. The monoisotopic (exact) mass is 291 g/mol. The van der Waals surface area contributed by atoms with Crippen LogP contribution >= 0.6 is 0 Å². The summed E-state index contributed by atoms with van der Waals surface area (Å²) in [6, 6.07) is 3.79. The minimum Gasteiger partial charge on any atom is -0.485 e. The average Bonchev–Trinajstić information content (AvgIpc) is 2.93. The van der Waals surface area contributed by atoms with Crippen molar-refractivity contribution < 1.29 is 19.0 Å². The molecule has 0 saturated heterocycles. The van der Waals surface area contributed by atoms with Gasteiger partial charge in [0, 0.05) is 18.6 Å². The third-order valence-electron chi connectivity index (χ3n) is 2.66. The molecule has 21 heavy (non-hydrogen) atoms. The summed E-state index contributed by atoms with van der Waals surface area (Å²) in [6.07, 6.45) is 2.07. The first kappa shape index (κ1) is 14.6. The molecule has 8 heteroatoms. The van der Waals surface area contributed by atoms with Crippen LogP contribution < -0.4 is 4.74 Å². The van der Waals surface area contributed by atoms with E-state index in [1.807, 2.05) is 6.92 Å². The first-order valence-corrected chi connectivity index (χ1v) is 6.32. The highest BCUT2D eigenvalue weighted by Gasteiger charge is 2.12. The smallest absolute Gasteiger partial charge is 0.270 e. The van der Waals surface area contributed by atoms with Gasteiger partial charge in [0.15, 0.2) is 12.9 Å². The number of aryl methyl sites for hydroxylation is 1. The van der Waals surface area contributed by atoms with Gasteiger partial charge in [-0.05, 0) is 12.5 Å². The summed E-state index contributed by atoms with van der Waals surface area (Å²) in [6.45, 7) is 2.01. The first-order valence-electron chi connectivity index (χ1n) is 6.32. The van der Waals surface area contributed by atoms with Gasteiger partial charge in [0.05, 0.1) is 10.5 Å². The molecule has 8 nitrogen and oxygen atoms in total. The summed E-state index contributed by atoms with van der Waals surface area (Å²) in [5.74, 6) is 1.11. The van der Waals surface area contributed by atoms with Crippen molar-refractivity contribution in [1.82, 2.24) is 10.1 Å². The Labute approximate surface area is 119 Å². The predicted octanol–water partition coefficient (Wildman–Crippen LogP) is 2.32. The van der Waals surface area contributed by atoms with Crippen LogP contribution in [-0.2, 0) is 13.0 Å². The third-order valence-corrected chi connectivity index (χ3v) is 2.66. The molecule has 1 aromatic heterocycles. The highest BCUT2D eigenvalue weighted by molar-refractivity contribution is 5.80. The number of hydrogen-bond acceptors (Lipinski definition) is 7. The maximum Gasteiger partial charge on any atom is 0.270 e. The normalized spacial score (nSPS) is 10.3. The number of aromatic nitrogens is 2. The van der Waals surface area contributed by atoms with Crippen LogP contribution in [-0.4, -0.2) is 21.4 Å². The second-order valence-corrected chi connectivity index (χ2v) is 4.24. The van der Waals surface area contributed by atoms with Crippen LogP contribution in [0.25, 0.3) is 0 Å². The van der Waals surface area contributed by atoms with Crippen molar-refractivity contribution in [3.05, 3.63) is 45.6 Å². The fourth-order valence-electron chi connectivity index (χ4n) is 1.68. The molecule has 0 atom stereocenters. The van der Waals surface area contributed by atoms with Crippen LogP contribution in [0.5, 0.6) is 5.75 Å². The van der Waals surface area contributed by atoms with E-state index in [0.29, 0.717) is 24.4 Å². The molecule has 0 aliphatic heterocycles. The maximum absolute atomic E-state index is 11.0. The maximum atomic E-state index is 11.0. The van der Waals surface area contributed by atoms with Crippen LogP contribution in [0.4, 0.5) is 5.69 Å². The van der Waals surface area contributed by atoms with E-state index < -0.39 is 4.92 Å². The van der Waals surface area contributed by atoms with E-state index >= 15 is 0 Å². The van der Waals surface area contributed by atoms with E-state index in [4.69, 9.17) is 9.26 Å². The van der Waals surface area contributed by atoms with Gasteiger partial charge < -0.3 is 9.26 Å². The van der Waals surface area contributed by atoms with E-state index in [2.05, 4.69) is 10.1 Å². The number of ether oxygens (including phenoxy) is 1. The Morgan fingerprint density at radius 1 is 1.48 bits per heavy atom. The van der Waals surface area contributed by atoms with Gasteiger partial charge in [0.25, 0.3) is 5.69 Å². The molecule has 0 spiro atoms. The molecule has 2 rings (SSSR count). The van der Waals surface area contributed by atoms with E-state index in [1.54, 1.807) is 0 Å². The van der Waals surface area contributed by atoms with Crippen molar-refractivity contribution in [2.24, 2.45) is 0 Å². The van der Waals surface area contributed by atoms with E-state index in [1.165, 1.54) is 12.1 Å². The summed E-state index contributed by atoms with van der Waals surface area (Å²) in [5, 5.41) is 14.4. The van der Waals surface area contributed by atoms with Crippen molar-refractivity contribution in [2.75, 3.05) is 0 Å². The van der Waals surface area contributed by atoms with Crippen molar-refractivity contribution in [2.45, 2.75) is 26.4 Å². The number of rotatable bonds is 7. The largest absolute Gasteiger partial charge is 0.485 e. The Bertz CT molecular complexity index is 653. The SMILES string of the molecule is CCCc1nc(COc2ccc([N+](=O)[O-])cc2C=O)no1. The molecule has 0 bridgehead atoms. The minimum atomic E-state index is -0.576. The molecule has 2 aromatic rings. The highest BCUT2D eigenvalue weighted by atomic mass is 16.6. The molecule has 110 valence electrons. The van der Waals surface area contributed by atoms with Crippen molar-refractivity contribution in [1.29, 1.82) is 0 Å². The molecule has 0 aliphatic rings. The van der Waals surface area contributed by atoms with Crippen molar-refractivity contribution in [3.63, 3.8) is 0 Å². The Hall–Kier alpha value is -2.77. The molecule has 1 heterocycles. The molecule has 1 aromatic carbocycles. The van der Waals surface area contributed by atoms with Crippen molar-refractivity contribution in [3.8, 4) is 5.75 Å². The number of aldehydes is 1. The second kappa shape index (κ2) is 6.60. The Morgan fingerprint density at radius 2 is 2.29 bits per heavy atom. The summed E-state index contributed by atoms with van der Waals surface area (Å²) in [7, 11) is 0. The summed E-state index contributed by atoms with van der Waals surface area (Å²) in [4.78, 5) is 25.1. The number of non-ortho nitro benzene ring substituents is 1. The Balaban J connectivity index is 2.08. The highest BCUT2D eigenvalue weighted by Crippen LogP contribution is 2.23. The van der Waals surface area contributed by atoms with Crippen LogP contribution in [0.1, 0.15) is 35.4 Å². The molecule has 0 radical (unpaired) electrons. The molecular formula is C13H13N3O5. The van der Waals surface area contributed by atoms with Crippen molar-refractivity contribution >= 4 is 12.0 Å². The molecular weight excluding hydrogens is 278 g/mol. The molecule has 0 unspecified atom stereocenters. The van der Waals surface area contributed by atoms with Gasteiger partial charge in [-0.1, -0.05) is 12.1 Å². The third kappa shape index (κ3) is 3.62. The number of nitro groups is 1. The minimum absolute atomic E-state index is 0.0197. The van der Waals surface area contributed by atoms with Crippen LogP contribution in [0.2, 0.25) is 0 Å². The fourth-order valence-corrected chi connectivity index (χ4v) is 1.68. The Morgan fingerprint density at radius 3 is 2.95 bits per heavy atom. The number of nitrogens with zero attached hydrogens (tertiary/aromatic N) is 3. The van der Waals surface area contributed by atoms with E-state index in [0.717, 1.165) is 12.5 Å². The average molecular weight is 291 g/mol. The van der Waals surface area contributed by atoms with Gasteiger partial charge in [-0.3, -0.25) is 14.9 Å². The first-order chi connectivity index (χ1) is 10.1. The standard InChI is InChI=1S/C13H13N3O5/c1-2-3-13-14-12(15-21-13)8-20-11-5-4-10(16(18)19)6-9(11)7-17/h4-7H,2-3,8H2,1H3. The van der Waals surface area contributed by atoms with Gasteiger partial charge in [-0.25, -0.2) is 0 Å². The summed E-state index contributed by atoms with van der Waals surface area (Å²) < 4.78 is 10.4. The van der Waals surface area contributed by atoms with Gasteiger partial charge in [0.2, 0.25) is 11.7 Å². The zero-order valence-corrected chi connectivity index (χ0v) is 11.3. The topological polar surface area (TPSA) is 108 Å². The lowest BCUT2D eigenvalue weighted by molar-refractivity contribution is -0.384. The molecule has 0 N–H and O–H groups in total. The lowest BCUT2D eigenvalue weighted by atomic mass is 10.2. The molecule has 0 fully saturated rings. The quantitative estimate of drug-likeness (QED) is 0.437. The number of carbonyl (C=O) groups excluding carboxylic acids is 1. The lowest BCUT2D eigenvalue weighted by Gasteiger charge is -2.05. The number of hydrogen-bond donors (Lipinski definition) is 0. The van der Waals surface area contributed by atoms with E-state index in [-0.39, 0.29) is 23.6 Å². The number of benzene rings is 1. The zero-order chi connectivity index (χ0) is 15.2. The number of carbonyl (C=O) groups is 1. The zero-order valence-electron chi connectivity index (χ0n) is 11.3. The van der Waals surface area contributed by atoms with Crippen LogP contribution in [0, 0.1) is 10.1 Å². The van der Waals surface area contributed by atoms with Gasteiger partial charge >= 0.3 is 0 Å². The van der Waals surface area contributed by atoms with Crippen LogP contribution in [0.15, 0.2) is 22.7 Å².